The highest BCUT2D eigenvalue weighted by atomic mass is 32.2. The van der Waals surface area contributed by atoms with E-state index in [2.05, 4.69) is 26.1 Å². The van der Waals surface area contributed by atoms with Crippen molar-refractivity contribution in [2.75, 3.05) is 21.7 Å². The third kappa shape index (κ3) is 6.07. The van der Waals surface area contributed by atoms with Gasteiger partial charge >= 0.3 is 0 Å². The molecule has 0 unspecified atom stereocenters. The van der Waals surface area contributed by atoms with Crippen molar-refractivity contribution in [3.05, 3.63) is 54.1 Å². The maximum absolute atomic E-state index is 12.1. The van der Waals surface area contributed by atoms with Crippen molar-refractivity contribution in [3.63, 3.8) is 0 Å². The molecule has 1 heterocycles. The van der Waals surface area contributed by atoms with Crippen molar-refractivity contribution in [2.24, 2.45) is 0 Å². The Bertz CT molecular complexity index is 955. The summed E-state index contributed by atoms with van der Waals surface area (Å²) in [5.74, 6) is -0.0471. The Morgan fingerprint density at radius 1 is 0.929 bits per heavy atom. The molecule has 0 saturated heterocycles. The first kappa shape index (κ1) is 19.8. The summed E-state index contributed by atoms with van der Waals surface area (Å²) in [7, 11) is 0. The van der Waals surface area contributed by atoms with Crippen molar-refractivity contribution < 1.29 is 9.59 Å². The SMILES string of the molecule is CC(=O)Nc1ccc(NC(=O)CSc2nnc(Nc3ccc(C)cc3)s2)cc1. The molecular formula is C19H19N5O2S2. The first-order chi connectivity index (χ1) is 13.5. The molecule has 0 bridgehead atoms. The van der Waals surface area contributed by atoms with Crippen LogP contribution in [-0.4, -0.2) is 27.8 Å². The molecule has 0 aliphatic rings. The highest BCUT2D eigenvalue weighted by molar-refractivity contribution is 8.01. The summed E-state index contributed by atoms with van der Waals surface area (Å²) in [5, 5.41) is 17.6. The Hall–Kier alpha value is -2.91. The van der Waals surface area contributed by atoms with Crippen LogP contribution in [0.1, 0.15) is 12.5 Å². The number of carbonyl (C=O) groups excluding carboxylic acids is 2. The van der Waals surface area contributed by atoms with Crippen molar-refractivity contribution in [3.8, 4) is 0 Å². The minimum Gasteiger partial charge on any atom is -0.330 e. The molecule has 3 aromatic rings. The Morgan fingerprint density at radius 3 is 2.18 bits per heavy atom. The lowest BCUT2D eigenvalue weighted by Crippen LogP contribution is -2.14. The number of nitrogens with zero attached hydrogens (tertiary/aromatic N) is 2. The van der Waals surface area contributed by atoms with Gasteiger partial charge in [-0.2, -0.15) is 0 Å². The maximum Gasteiger partial charge on any atom is 0.234 e. The lowest BCUT2D eigenvalue weighted by atomic mass is 10.2. The van der Waals surface area contributed by atoms with E-state index in [4.69, 9.17) is 0 Å². The number of hydrogen-bond acceptors (Lipinski definition) is 7. The zero-order chi connectivity index (χ0) is 19.9. The molecule has 9 heteroatoms. The smallest absolute Gasteiger partial charge is 0.234 e. The fourth-order valence-electron chi connectivity index (χ4n) is 2.24. The number of nitrogens with one attached hydrogen (secondary N) is 3. The predicted molar refractivity (Wildman–Crippen MR) is 114 cm³/mol. The normalized spacial score (nSPS) is 10.4. The fraction of sp³-hybridized carbons (Fsp3) is 0.158. The van der Waals surface area contributed by atoms with Crippen LogP contribution in [0.25, 0.3) is 0 Å². The van der Waals surface area contributed by atoms with Crippen LogP contribution in [0.4, 0.5) is 22.2 Å². The van der Waals surface area contributed by atoms with Crippen molar-refractivity contribution in [1.82, 2.24) is 10.2 Å². The van der Waals surface area contributed by atoms with Crippen LogP contribution in [0.2, 0.25) is 0 Å². The lowest BCUT2D eigenvalue weighted by Gasteiger charge is -2.06. The molecule has 2 amide bonds. The quantitative estimate of drug-likeness (QED) is 0.500. The molecule has 3 rings (SSSR count). The summed E-state index contributed by atoms with van der Waals surface area (Å²) in [6, 6.07) is 14.9. The standard InChI is InChI=1S/C19H19N5O2S2/c1-12-3-5-16(6-4-12)22-18-23-24-19(28-18)27-11-17(26)21-15-9-7-14(8-10-15)20-13(2)25/h3-10H,11H2,1-2H3,(H,20,25)(H,21,26)(H,22,23). The Balaban J connectivity index is 1.47. The molecule has 144 valence electrons. The third-order valence-corrected chi connectivity index (χ3v) is 5.50. The Kier molecular flexibility index (Phi) is 6.62. The van der Waals surface area contributed by atoms with Gasteiger partial charge in [0.25, 0.3) is 0 Å². The first-order valence-corrected chi connectivity index (χ1v) is 10.3. The van der Waals surface area contributed by atoms with E-state index in [1.807, 2.05) is 31.2 Å². The Labute approximate surface area is 171 Å². The van der Waals surface area contributed by atoms with E-state index in [-0.39, 0.29) is 17.6 Å². The summed E-state index contributed by atoms with van der Waals surface area (Å²) in [6.07, 6.45) is 0. The van der Waals surface area contributed by atoms with Gasteiger partial charge in [0.2, 0.25) is 16.9 Å². The van der Waals surface area contributed by atoms with Crippen LogP contribution < -0.4 is 16.0 Å². The summed E-state index contributed by atoms with van der Waals surface area (Å²) >= 11 is 2.73. The minimum absolute atomic E-state index is 0.138. The molecule has 1 aromatic heterocycles. The van der Waals surface area contributed by atoms with Gasteiger partial charge in [-0.15, -0.1) is 10.2 Å². The summed E-state index contributed by atoms with van der Waals surface area (Å²) < 4.78 is 0.714. The molecule has 0 spiro atoms. The average molecular weight is 414 g/mol. The van der Waals surface area contributed by atoms with Gasteiger partial charge in [0.05, 0.1) is 5.75 Å². The molecule has 0 fully saturated rings. The van der Waals surface area contributed by atoms with Gasteiger partial charge in [0.1, 0.15) is 0 Å². The second-order valence-corrected chi connectivity index (χ2v) is 8.16. The molecular weight excluding hydrogens is 394 g/mol. The zero-order valence-electron chi connectivity index (χ0n) is 15.4. The monoisotopic (exact) mass is 413 g/mol. The molecule has 0 aliphatic carbocycles. The number of amides is 2. The molecule has 7 nitrogen and oxygen atoms in total. The Morgan fingerprint density at radius 2 is 1.54 bits per heavy atom. The summed E-state index contributed by atoms with van der Waals surface area (Å²) in [5.41, 5.74) is 3.48. The van der Waals surface area contributed by atoms with E-state index < -0.39 is 0 Å². The van der Waals surface area contributed by atoms with Crippen LogP contribution in [0.15, 0.2) is 52.9 Å². The number of aromatic nitrogens is 2. The van der Waals surface area contributed by atoms with E-state index in [0.717, 1.165) is 5.69 Å². The van der Waals surface area contributed by atoms with Crippen LogP contribution in [-0.2, 0) is 9.59 Å². The van der Waals surface area contributed by atoms with Crippen LogP contribution in [0.5, 0.6) is 0 Å². The van der Waals surface area contributed by atoms with E-state index in [1.54, 1.807) is 24.3 Å². The van der Waals surface area contributed by atoms with E-state index in [0.29, 0.717) is 20.8 Å². The number of thioether (sulfide) groups is 1. The molecule has 28 heavy (non-hydrogen) atoms. The van der Waals surface area contributed by atoms with Gasteiger partial charge in [-0.1, -0.05) is 40.8 Å². The third-order valence-electron chi connectivity index (χ3n) is 3.53. The van der Waals surface area contributed by atoms with Gasteiger partial charge in [-0.25, -0.2) is 0 Å². The molecule has 2 aromatic carbocycles. The number of benzene rings is 2. The largest absolute Gasteiger partial charge is 0.330 e. The van der Waals surface area contributed by atoms with Crippen molar-refractivity contribution >= 4 is 57.1 Å². The van der Waals surface area contributed by atoms with Gasteiger partial charge in [0.15, 0.2) is 4.34 Å². The topological polar surface area (TPSA) is 96.0 Å². The van der Waals surface area contributed by atoms with Gasteiger partial charge in [-0.05, 0) is 43.3 Å². The number of hydrogen-bond donors (Lipinski definition) is 3. The lowest BCUT2D eigenvalue weighted by molar-refractivity contribution is -0.114. The molecule has 0 saturated carbocycles. The summed E-state index contributed by atoms with van der Waals surface area (Å²) in [4.78, 5) is 23.1. The number of rotatable bonds is 7. The highest BCUT2D eigenvalue weighted by Crippen LogP contribution is 2.27. The average Bonchev–Trinajstić information content (AvgIpc) is 3.11. The predicted octanol–water partition coefficient (Wildman–Crippen LogP) is 4.28. The number of carbonyl (C=O) groups is 2. The minimum atomic E-state index is -0.138. The van der Waals surface area contributed by atoms with Gasteiger partial charge in [-0.3, -0.25) is 9.59 Å². The van der Waals surface area contributed by atoms with Gasteiger partial charge in [0, 0.05) is 24.0 Å². The molecule has 0 atom stereocenters. The van der Waals surface area contributed by atoms with E-state index >= 15 is 0 Å². The number of anilines is 4. The fourth-order valence-corrected chi connectivity index (χ4v) is 3.82. The molecule has 0 radical (unpaired) electrons. The van der Waals surface area contributed by atoms with E-state index in [1.165, 1.54) is 35.6 Å². The van der Waals surface area contributed by atoms with Crippen LogP contribution in [0.3, 0.4) is 0 Å². The second-order valence-electron chi connectivity index (χ2n) is 5.96. The number of aryl methyl sites for hydroxylation is 1. The van der Waals surface area contributed by atoms with E-state index in [9.17, 15) is 9.59 Å². The maximum atomic E-state index is 12.1. The van der Waals surface area contributed by atoms with Gasteiger partial charge < -0.3 is 16.0 Å². The van der Waals surface area contributed by atoms with Crippen LogP contribution >= 0.6 is 23.1 Å². The van der Waals surface area contributed by atoms with Crippen LogP contribution in [0, 0.1) is 6.92 Å². The summed E-state index contributed by atoms with van der Waals surface area (Å²) in [6.45, 7) is 3.48. The van der Waals surface area contributed by atoms with Crippen molar-refractivity contribution in [2.45, 2.75) is 18.2 Å². The highest BCUT2D eigenvalue weighted by Gasteiger charge is 2.09. The van der Waals surface area contributed by atoms with Crippen molar-refractivity contribution in [1.29, 1.82) is 0 Å². The first-order valence-electron chi connectivity index (χ1n) is 8.45. The molecule has 0 aliphatic heterocycles. The second kappa shape index (κ2) is 9.34. The zero-order valence-corrected chi connectivity index (χ0v) is 17.0. The molecule has 3 N–H and O–H groups in total.